The fraction of sp³-hybridized carbons (Fsp3) is 0.357. The first-order valence-electron chi connectivity index (χ1n) is 6.40. The van der Waals surface area contributed by atoms with Crippen LogP contribution < -0.4 is 4.74 Å². The van der Waals surface area contributed by atoms with Gasteiger partial charge in [-0.2, -0.15) is 0 Å². The van der Waals surface area contributed by atoms with Crippen molar-refractivity contribution < 1.29 is 9.61 Å². The molecule has 0 aromatic heterocycles. The molecule has 1 aliphatic carbocycles. The topological polar surface area (TPSA) is 41.7 Å². The maximum atomic E-state index is 11.9. The Balaban J connectivity index is 2.09. The molecule has 0 bridgehead atoms. The van der Waals surface area contributed by atoms with Gasteiger partial charge in [0, 0.05) is 0 Å². The van der Waals surface area contributed by atoms with Crippen molar-refractivity contribution in [2.75, 3.05) is 7.11 Å². The molecule has 0 radical (unpaired) electrons. The fourth-order valence-electron chi connectivity index (χ4n) is 2.02. The number of nitroso groups, excluding NO2 is 1. The van der Waals surface area contributed by atoms with Crippen LogP contribution in [0.4, 0.5) is 5.69 Å². The Bertz CT molecular complexity index is 541. The normalized spacial score (nSPS) is 15.7. The number of hydrogen-bond acceptors (Lipinski definition) is 2. The summed E-state index contributed by atoms with van der Waals surface area (Å²) in [7, 11) is 1.60. The zero-order valence-corrected chi connectivity index (χ0v) is 15.1. The van der Waals surface area contributed by atoms with Crippen LogP contribution in [0.25, 0.3) is 0 Å². The van der Waals surface area contributed by atoms with E-state index in [0.29, 0.717) is 10.6 Å². The van der Waals surface area contributed by atoms with Crippen LogP contribution in [0.15, 0.2) is 38.6 Å². The second-order valence-corrected chi connectivity index (χ2v) is 8.47. The van der Waals surface area contributed by atoms with E-state index < -0.39 is 0 Å². The molecule has 1 aromatic rings. The van der Waals surface area contributed by atoms with Crippen LogP contribution in [0.5, 0.6) is 5.75 Å². The molecular weight excluding hydrogens is 436 g/mol. The van der Waals surface area contributed by atoms with Crippen LogP contribution in [-0.2, 0) is 0 Å². The van der Waals surface area contributed by atoms with Gasteiger partial charge in [-0.05, 0) is 0 Å². The molecule has 2 rings (SSSR count). The van der Waals surface area contributed by atoms with E-state index in [4.69, 9.17) is 4.74 Å². The molecule has 1 aliphatic rings. The van der Waals surface area contributed by atoms with Gasteiger partial charge < -0.3 is 0 Å². The fourth-order valence-corrected chi connectivity index (χ4v) is 5.86. The predicted molar refractivity (Wildman–Crippen MR) is 84.9 cm³/mol. The van der Waals surface area contributed by atoms with Gasteiger partial charge in [0.15, 0.2) is 0 Å². The molecule has 6 heteroatoms. The van der Waals surface area contributed by atoms with Gasteiger partial charge in [-0.25, -0.2) is 0 Å². The van der Waals surface area contributed by atoms with Crippen molar-refractivity contribution in [1.29, 1.82) is 0 Å². The molecule has 0 unspecified atom stereocenters. The minimum absolute atomic E-state index is 0.256. The SMILES string of the molecule is COc1ccc([N+](=O)/N=C/C2=C([Te]Br)CCCC2)cc1. The van der Waals surface area contributed by atoms with Gasteiger partial charge in [0.05, 0.1) is 0 Å². The first-order valence-corrected chi connectivity index (χ1v) is 12.8. The minimum atomic E-state index is -0.256. The number of rotatable bonds is 5. The van der Waals surface area contributed by atoms with E-state index in [2.05, 4.69) is 17.9 Å². The molecule has 0 fully saturated rings. The number of benzene rings is 1. The van der Waals surface area contributed by atoms with E-state index in [0.717, 1.165) is 18.6 Å². The van der Waals surface area contributed by atoms with Gasteiger partial charge >= 0.3 is 135 Å². The van der Waals surface area contributed by atoms with E-state index in [1.165, 1.54) is 22.0 Å². The zero-order valence-electron chi connectivity index (χ0n) is 11.2. The Morgan fingerprint density at radius 1 is 1.30 bits per heavy atom. The molecule has 0 atom stereocenters. The number of methoxy groups -OCH3 is 1. The molecule has 0 saturated carbocycles. The average molecular weight is 452 g/mol. The molecule has 0 N–H and O–H groups in total. The summed E-state index contributed by atoms with van der Waals surface area (Å²) < 4.78 is 6.55. The molecule has 0 aliphatic heterocycles. The van der Waals surface area contributed by atoms with E-state index in [-0.39, 0.29) is 18.7 Å². The third kappa shape index (κ3) is 4.14. The van der Waals surface area contributed by atoms with Crippen molar-refractivity contribution in [3.05, 3.63) is 38.4 Å². The number of ether oxygens (including phenoxy) is 1. The Hall–Kier alpha value is -0.700. The molecule has 0 saturated heterocycles. The van der Waals surface area contributed by atoms with Crippen molar-refractivity contribution >= 4 is 43.4 Å². The van der Waals surface area contributed by atoms with E-state index in [9.17, 15) is 4.91 Å². The summed E-state index contributed by atoms with van der Waals surface area (Å²) in [5.74, 6) is 0.730. The molecule has 1 aromatic carbocycles. The monoisotopic (exact) mass is 453 g/mol. The van der Waals surface area contributed by atoms with Crippen molar-refractivity contribution in [3.8, 4) is 5.75 Å². The van der Waals surface area contributed by atoms with Crippen LogP contribution in [0, 0.1) is 4.91 Å². The van der Waals surface area contributed by atoms with Gasteiger partial charge in [0.25, 0.3) is 0 Å². The quantitative estimate of drug-likeness (QED) is 0.294. The second-order valence-electron chi connectivity index (χ2n) is 4.45. The Morgan fingerprint density at radius 3 is 2.65 bits per heavy atom. The number of hydrogen-bond donors (Lipinski definition) is 0. The van der Waals surface area contributed by atoms with Gasteiger partial charge in [0.1, 0.15) is 0 Å². The summed E-state index contributed by atoms with van der Waals surface area (Å²) in [4.78, 5) is 12.6. The van der Waals surface area contributed by atoms with Gasteiger partial charge in [-0.3, -0.25) is 0 Å². The summed E-state index contributed by atoms with van der Waals surface area (Å²) >= 11 is 3.37. The maximum absolute atomic E-state index is 11.9. The summed E-state index contributed by atoms with van der Waals surface area (Å²) in [6, 6.07) is 6.92. The molecule has 20 heavy (non-hydrogen) atoms. The number of halogens is 1. The van der Waals surface area contributed by atoms with Crippen LogP contribution in [-0.4, -0.2) is 36.9 Å². The van der Waals surface area contributed by atoms with Crippen molar-refractivity contribution in [3.63, 3.8) is 0 Å². The van der Waals surface area contributed by atoms with Crippen LogP contribution in [0.3, 0.4) is 0 Å². The first kappa shape index (κ1) is 15.7. The van der Waals surface area contributed by atoms with Gasteiger partial charge in [-0.15, -0.1) is 0 Å². The van der Waals surface area contributed by atoms with E-state index in [1.54, 1.807) is 37.6 Å². The van der Waals surface area contributed by atoms with Crippen LogP contribution >= 0.6 is 12.8 Å². The standard InChI is InChI=1S/C14H16BrN2O2Te/c1-19-13-8-6-12(7-9-13)17(18)16-10-11-4-2-3-5-14(11)20-15/h6-10H,2-5H2,1H3/q+1/b16-10+. The van der Waals surface area contributed by atoms with Crippen LogP contribution in [0.2, 0.25) is 0 Å². The number of allylic oxidation sites excluding steroid dienone is 2. The Morgan fingerprint density at radius 2 is 2.00 bits per heavy atom. The van der Waals surface area contributed by atoms with Crippen molar-refractivity contribution in [2.45, 2.75) is 25.7 Å². The molecular formula is C14H16BrN2O2Te+. The summed E-state index contributed by atoms with van der Waals surface area (Å²) in [6.45, 7) is 0. The summed E-state index contributed by atoms with van der Waals surface area (Å²) in [5.41, 5.74) is 1.75. The van der Waals surface area contributed by atoms with Gasteiger partial charge in [0.2, 0.25) is 0 Å². The average Bonchev–Trinajstić information content (AvgIpc) is 2.53. The number of hydrazone groups is 1. The molecule has 0 amide bonds. The van der Waals surface area contributed by atoms with E-state index >= 15 is 0 Å². The van der Waals surface area contributed by atoms with E-state index in [1.807, 2.05) is 0 Å². The second kappa shape index (κ2) is 7.92. The zero-order chi connectivity index (χ0) is 14.4. The molecule has 0 spiro atoms. The molecule has 106 valence electrons. The van der Waals surface area contributed by atoms with Gasteiger partial charge in [-0.1, -0.05) is 0 Å². The molecule has 0 heterocycles. The Labute approximate surface area is 134 Å². The predicted octanol–water partition coefficient (Wildman–Crippen LogP) is 3.93. The summed E-state index contributed by atoms with van der Waals surface area (Å²) in [5, 5.41) is 4.03. The Kier molecular flexibility index (Phi) is 6.21. The third-order valence-electron chi connectivity index (χ3n) is 3.16. The third-order valence-corrected chi connectivity index (χ3v) is 7.65. The summed E-state index contributed by atoms with van der Waals surface area (Å²) in [6.07, 6.45) is 6.36. The van der Waals surface area contributed by atoms with Crippen molar-refractivity contribution in [1.82, 2.24) is 0 Å². The van der Waals surface area contributed by atoms with Crippen LogP contribution in [0.1, 0.15) is 25.7 Å². The first-order chi connectivity index (χ1) is 9.74. The molecule has 4 nitrogen and oxygen atoms in total. The van der Waals surface area contributed by atoms with Crippen molar-refractivity contribution in [2.24, 2.45) is 5.10 Å². The number of nitrogens with zero attached hydrogens (tertiary/aromatic N) is 2.